The Morgan fingerprint density at radius 1 is 1.19 bits per heavy atom. The Kier molecular flexibility index (Phi) is 3.54. The Hall–Kier alpha value is -1.39. The molecule has 3 nitrogen and oxygen atoms in total. The maximum Gasteiger partial charge on any atom is 0.105 e. The van der Waals surface area contributed by atoms with E-state index in [0.29, 0.717) is 6.54 Å². The fraction of sp³-hybridized carbons (Fsp3) is 0.167. The van der Waals surface area contributed by atoms with E-state index in [4.69, 9.17) is 5.73 Å². The van der Waals surface area contributed by atoms with E-state index in [1.165, 1.54) is 5.56 Å². The van der Waals surface area contributed by atoms with Gasteiger partial charge >= 0.3 is 0 Å². The van der Waals surface area contributed by atoms with Gasteiger partial charge < -0.3 is 5.73 Å². The van der Waals surface area contributed by atoms with Gasteiger partial charge in [0.25, 0.3) is 0 Å². The molecular formula is C12H13N3S. The topological polar surface area (TPSA) is 51.8 Å². The van der Waals surface area contributed by atoms with E-state index >= 15 is 0 Å². The minimum atomic E-state index is 0.521. The largest absolute Gasteiger partial charge is 0.326 e. The Balaban J connectivity index is 2.31. The van der Waals surface area contributed by atoms with Gasteiger partial charge in [-0.05, 0) is 30.7 Å². The molecule has 0 amide bonds. The lowest BCUT2D eigenvalue weighted by Crippen LogP contribution is -2.02. The molecule has 2 aromatic heterocycles. The van der Waals surface area contributed by atoms with Crippen molar-refractivity contribution in [1.82, 2.24) is 9.97 Å². The summed E-state index contributed by atoms with van der Waals surface area (Å²) in [6.07, 6.45) is 5.37. The molecule has 0 aliphatic rings. The molecule has 0 atom stereocenters. The molecule has 0 saturated carbocycles. The van der Waals surface area contributed by atoms with Gasteiger partial charge in [-0.15, -0.1) is 0 Å². The summed E-state index contributed by atoms with van der Waals surface area (Å²) in [4.78, 5) is 9.48. The molecule has 2 aromatic rings. The molecule has 0 aliphatic carbocycles. The molecule has 0 bridgehead atoms. The van der Waals surface area contributed by atoms with Crippen LogP contribution in [0.25, 0.3) is 0 Å². The van der Waals surface area contributed by atoms with Crippen molar-refractivity contribution < 1.29 is 0 Å². The zero-order valence-electron chi connectivity index (χ0n) is 9.05. The summed E-state index contributed by atoms with van der Waals surface area (Å²) >= 11 is 1.62. The first-order valence-corrected chi connectivity index (χ1v) is 5.85. The first-order valence-electron chi connectivity index (χ1n) is 5.03. The summed E-state index contributed by atoms with van der Waals surface area (Å²) < 4.78 is 0. The molecule has 4 heteroatoms. The van der Waals surface area contributed by atoms with Gasteiger partial charge in [-0.1, -0.05) is 11.8 Å². The van der Waals surface area contributed by atoms with Crippen molar-refractivity contribution in [3.63, 3.8) is 0 Å². The van der Waals surface area contributed by atoms with Gasteiger partial charge in [0.05, 0.1) is 0 Å². The number of pyridine rings is 2. The van der Waals surface area contributed by atoms with Crippen LogP contribution in [0.4, 0.5) is 0 Å². The highest BCUT2D eigenvalue weighted by Gasteiger charge is 2.06. The van der Waals surface area contributed by atoms with Crippen LogP contribution in [0.2, 0.25) is 0 Å². The lowest BCUT2D eigenvalue weighted by atomic mass is 10.2. The van der Waals surface area contributed by atoms with Crippen LogP contribution in [0.5, 0.6) is 0 Å². The molecule has 0 saturated heterocycles. The number of aryl methyl sites for hydroxylation is 1. The smallest absolute Gasteiger partial charge is 0.105 e. The lowest BCUT2D eigenvalue weighted by Gasteiger charge is -2.08. The van der Waals surface area contributed by atoms with Crippen LogP contribution < -0.4 is 5.73 Å². The second-order valence-electron chi connectivity index (χ2n) is 3.40. The van der Waals surface area contributed by atoms with E-state index in [2.05, 4.69) is 16.9 Å². The van der Waals surface area contributed by atoms with Crippen molar-refractivity contribution >= 4 is 11.8 Å². The SMILES string of the molecule is Cc1ccnc(Sc2ccncc2)c1CN. The van der Waals surface area contributed by atoms with Gasteiger partial charge in [-0.25, -0.2) is 4.98 Å². The zero-order valence-corrected chi connectivity index (χ0v) is 9.87. The fourth-order valence-corrected chi connectivity index (χ4v) is 2.38. The van der Waals surface area contributed by atoms with Crippen LogP contribution in [0.3, 0.4) is 0 Å². The summed E-state index contributed by atoms with van der Waals surface area (Å²) in [6, 6.07) is 5.92. The Labute approximate surface area is 99.1 Å². The molecule has 0 radical (unpaired) electrons. The first-order chi connectivity index (χ1) is 7.81. The standard InChI is InChI=1S/C12H13N3S/c1-9-2-7-15-12(11(9)8-13)16-10-3-5-14-6-4-10/h2-7H,8,13H2,1H3. The van der Waals surface area contributed by atoms with Crippen molar-refractivity contribution in [2.45, 2.75) is 23.4 Å². The van der Waals surface area contributed by atoms with Crippen LogP contribution in [0, 0.1) is 6.92 Å². The average Bonchev–Trinajstić information content (AvgIpc) is 2.31. The number of hydrogen-bond acceptors (Lipinski definition) is 4. The number of hydrogen-bond donors (Lipinski definition) is 1. The van der Waals surface area contributed by atoms with E-state index in [1.807, 2.05) is 24.4 Å². The fourth-order valence-electron chi connectivity index (χ4n) is 1.42. The van der Waals surface area contributed by atoms with Gasteiger partial charge in [0.2, 0.25) is 0 Å². The van der Waals surface area contributed by atoms with E-state index in [-0.39, 0.29) is 0 Å². The third-order valence-corrected chi connectivity index (χ3v) is 3.37. The molecule has 16 heavy (non-hydrogen) atoms. The van der Waals surface area contributed by atoms with E-state index in [0.717, 1.165) is 15.5 Å². The quantitative estimate of drug-likeness (QED) is 0.881. The maximum atomic E-state index is 5.74. The van der Waals surface area contributed by atoms with Gasteiger partial charge in [0.15, 0.2) is 0 Å². The third-order valence-electron chi connectivity index (χ3n) is 2.32. The zero-order chi connectivity index (χ0) is 11.4. The molecule has 2 N–H and O–H groups in total. The van der Waals surface area contributed by atoms with Crippen LogP contribution in [0.15, 0.2) is 46.7 Å². The van der Waals surface area contributed by atoms with Crippen LogP contribution >= 0.6 is 11.8 Å². The van der Waals surface area contributed by atoms with E-state index in [9.17, 15) is 0 Å². The van der Waals surface area contributed by atoms with Gasteiger partial charge in [0, 0.05) is 35.6 Å². The highest BCUT2D eigenvalue weighted by atomic mass is 32.2. The van der Waals surface area contributed by atoms with Crippen LogP contribution in [-0.4, -0.2) is 9.97 Å². The summed E-state index contributed by atoms with van der Waals surface area (Å²) in [5.41, 5.74) is 8.04. The summed E-state index contributed by atoms with van der Waals surface area (Å²) in [7, 11) is 0. The van der Waals surface area contributed by atoms with Gasteiger partial charge in [0.1, 0.15) is 5.03 Å². The van der Waals surface area contributed by atoms with Gasteiger partial charge in [-0.3, -0.25) is 4.98 Å². The van der Waals surface area contributed by atoms with Crippen molar-refractivity contribution in [3.05, 3.63) is 47.9 Å². The summed E-state index contributed by atoms with van der Waals surface area (Å²) in [6.45, 7) is 2.58. The van der Waals surface area contributed by atoms with Crippen molar-refractivity contribution in [2.24, 2.45) is 5.73 Å². The second kappa shape index (κ2) is 5.09. The molecule has 0 aliphatic heterocycles. The molecule has 0 unspecified atom stereocenters. The molecule has 0 aromatic carbocycles. The third kappa shape index (κ3) is 2.40. The summed E-state index contributed by atoms with van der Waals surface area (Å²) in [5, 5.41) is 0.980. The highest BCUT2D eigenvalue weighted by molar-refractivity contribution is 7.99. The first kappa shape index (κ1) is 11.1. The van der Waals surface area contributed by atoms with E-state index in [1.54, 1.807) is 24.2 Å². The molecule has 2 heterocycles. The van der Waals surface area contributed by atoms with Crippen molar-refractivity contribution in [3.8, 4) is 0 Å². The van der Waals surface area contributed by atoms with Crippen molar-refractivity contribution in [1.29, 1.82) is 0 Å². The predicted molar refractivity (Wildman–Crippen MR) is 65.2 cm³/mol. The average molecular weight is 231 g/mol. The molecule has 0 spiro atoms. The molecule has 0 fully saturated rings. The Morgan fingerprint density at radius 2 is 1.94 bits per heavy atom. The normalized spacial score (nSPS) is 10.4. The number of nitrogens with two attached hydrogens (primary N) is 1. The van der Waals surface area contributed by atoms with Gasteiger partial charge in [-0.2, -0.15) is 0 Å². The van der Waals surface area contributed by atoms with E-state index < -0.39 is 0 Å². The lowest BCUT2D eigenvalue weighted by molar-refractivity contribution is 0.942. The molecule has 2 rings (SSSR count). The summed E-state index contributed by atoms with van der Waals surface area (Å²) in [5.74, 6) is 0. The molecular weight excluding hydrogens is 218 g/mol. The Morgan fingerprint density at radius 3 is 2.62 bits per heavy atom. The van der Waals surface area contributed by atoms with Crippen LogP contribution in [-0.2, 0) is 6.54 Å². The monoisotopic (exact) mass is 231 g/mol. The Bertz CT molecular complexity index is 471. The van der Waals surface area contributed by atoms with Crippen molar-refractivity contribution in [2.75, 3.05) is 0 Å². The minimum Gasteiger partial charge on any atom is -0.326 e. The minimum absolute atomic E-state index is 0.521. The number of aromatic nitrogens is 2. The second-order valence-corrected chi connectivity index (χ2v) is 4.46. The maximum absolute atomic E-state index is 5.74. The number of nitrogens with zero attached hydrogens (tertiary/aromatic N) is 2. The van der Waals surface area contributed by atoms with Crippen LogP contribution in [0.1, 0.15) is 11.1 Å². The number of rotatable bonds is 3. The predicted octanol–water partition coefficient (Wildman–Crippen LogP) is 2.39. The highest BCUT2D eigenvalue weighted by Crippen LogP contribution is 2.29. The molecule has 82 valence electrons.